The molecule has 1 N–H and O–H groups in total. The Morgan fingerprint density at radius 1 is 1.17 bits per heavy atom. The van der Waals surface area contributed by atoms with Gasteiger partial charge in [0.05, 0.1) is 19.0 Å². The number of carbonyl (C=O) groups is 2. The molecule has 1 aromatic carbocycles. The Labute approximate surface area is 176 Å². The van der Waals surface area contributed by atoms with E-state index in [-0.39, 0.29) is 29.4 Å². The van der Waals surface area contributed by atoms with Gasteiger partial charge in [0.25, 0.3) is 0 Å². The van der Waals surface area contributed by atoms with Gasteiger partial charge in [-0.3, -0.25) is 9.69 Å². The molecular weight excluding hydrogens is 386 g/mol. The summed E-state index contributed by atoms with van der Waals surface area (Å²) >= 11 is 0. The molecule has 8 nitrogen and oxygen atoms in total. The molecule has 1 saturated carbocycles. The molecule has 0 aliphatic heterocycles. The lowest BCUT2D eigenvalue weighted by molar-refractivity contribution is -0.124. The standard InChI is InChI=1S/C22H29N3O5/c1-14(2)25(21(26)16-7-5-15(3)6-8-16)20-19(30-22(27)28)13-24(23-20)17-9-11-18(29-4)12-10-17/h9-16H,5-8H2,1-4H3,(H,27,28). The Morgan fingerprint density at radius 2 is 1.80 bits per heavy atom. The van der Waals surface area contributed by atoms with Crippen molar-refractivity contribution in [3.8, 4) is 17.2 Å². The molecule has 30 heavy (non-hydrogen) atoms. The maximum absolute atomic E-state index is 13.4. The first-order valence-corrected chi connectivity index (χ1v) is 10.3. The lowest BCUT2D eigenvalue weighted by atomic mass is 9.82. The van der Waals surface area contributed by atoms with Gasteiger partial charge in [-0.2, -0.15) is 0 Å². The molecule has 1 heterocycles. The minimum absolute atomic E-state index is 0.0320. The van der Waals surface area contributed by atoms with E-state index in [4.69, 9.17) is 9.47 Å². The van der Waals surface area contributed by atoms with Gasteiger partial charge in [-0.15, -0.1) is 5.10 Å². The van der Waals surface area contributed by atoms with Crippen LogP contribution in [-0.2, 0) is 4.79 Å². The van der Waals surface area contributed by atoms with E-state index in [1.54, 1.807) is 36.3 Å². The predicted octanol–water partition coefficient (Wildman–Crippen LogP) is 4.51. The first kappa shape index (κ1) is 21.7. The van der Waals surface area contributed by atoms with Crippen LogP contribution >= 0.6 is 0 Å². The van der Waals surface area contributed by atoms with Gasteiger partial charge < -0.3 is 14.6 Å². The zero-order valence-electron chi connectivity index (χ0n) is 17.9. The molecule has 8 heteroatoms. The van der Waals surface area contributed by atoms with E-state index >= 15 is 0 Å². The number of hydrogen-bond acceptors (Lipinski definition) is 5. The molecule has 0 spiro atoms. The van der Waals surface area contributed by atoms with Gasteiger partial charge >= 0.3 is 6.16 Å². The van der Waals surface area contributed by atoms with Crippen LogP contribution in [-0.4, -0.2) is 40.1 Å². The predicted molar refractivity (Wildman–Crippen MR) is 113 cm³/mol. The normalized spacial score (nSPS) is 18.8. The second kappa shape index (κ2) is 9.19. The van der Waals surface area contributed by atoms with E-state index in [0.29, 0.717) is 17.4 Å². The largest absolute Gasteiger partial charge is 0.511 e. The minimum atomic E-state index is -1.45. The second-order valence-corrected chi connectivity index (χ2v) is 8.09. The second-order valence-electron chi connectivity index (χ2n) is 8.09. The molecule has 3 rings (SSSR count). The fourth-order valence-electron chi connectivity index (χ4n) is 3.86. The molecule has 162 valence electrons. The topological polar surface area (TPSA) is 93.9 Å². The zero-order chi connectivity index (χ0) is 21.8. The third-order valence-corrected chi connectivity index (χ3v) is 5.54. The molecule has 2 aromatic rings. The number of hydrogen-bond donors (Lipinski definition) is 1. The van der Waals surface area contributed by atoms with E-state index in [1.807, 2.05) is 13.8 Å². The van der Waals surface area contributed by atoms with Crippen LogP contribution in [0, 0.1) is 11.8 Å². The van der Waals surface area contributed by atoms with E-state index in [9.17, 15) is 14.7 Å². The summed E-state index contributed by atoms with van der Waals surface area (Å²) in [6.45, 7) is 5.98. The number of ether oxygens (including phenoxy) is 2. The Morgan fingerprint density at radius 3 is 2.33 bits per heavy atom. The average Bonchev–Trinajstić information content (AvgIpc) is 3.11. The summed E-state index contributed by atoms with van der Waals surface area (Å²) < 4.78 is 11.7. The van der Waals surface area contributed by atoms with Gasteiger partial charge in [-0.05, 0) is 69.7 Å². The first-order valence-electron chi connectivity index (χ1n) is 10.3. The number of methoxy groups -OCH3 is 1. The van der Waals surface area contributed by atoms with Crippen LogP contribution in [0.5, 0.6) is 11.5 Å². The van der Waals surface area contributed by atoms with E-state index in [1.165, 1.54) is 10.9 Å². The highest BCUT2D eigenvalue weighted by Gasteiger charge is 2.34. The molecular formula is C22H29N3O5. The van der Waals surface area contributed by atoms with Crippen LogP contribution in [0.1, 0.15) is 46.5 Å². The average molecular weight is 415 g/mol. The van der Waals surface area contributed by atoms with Crippen molar-refractivity contribution < 1.29 is 24.2 Å². The summed E-state index contributed by atoms with van der Waals surface area (Å²) in [5.74, 6) is 1.44. The summed E-state index contributed by atoms with van der Waals surface area (Å²) in [6, 6.07) is 6.95. The number of rotatable bonds is 6. The molecule has 1 aliphatic carbocycles. The van der Waals surface area contributed by atoms with Crippen molar-refractivity contribution >= 4 is 17.9 Å². The molecule has 0 radical (unpaired) electrons. The third-order valence-electron chi connectivity index (χ3n) is 5.54. The molecule has 1 amide bonds. The quantitative estimate of drug-likeness (QED) is 0.698. The smallest absolute Gasteiger partial charge is 0.497 e. The molecule has 0 atom stereocenters. The minimum Gasteiger partial charge on any atom is -0.497 e. The van der Waals surface area contributed by atoms with Crippen LogP contribution in [0.15, 0.2) is 30.5 Å². The Bertz CT molecular complexity index is 883. The van der Waals surface area contributed by atoms with Crippen molar-refractivity contribution in [3.63, 3.8) is 0 Å². The van der Waals surface area contributed by atoms with Crippen LogP contribution < -0.4 is 14.4 Å². The highest BCUT2D eigenvalue weighted by atomic mass is 16.7. The number of carbonyl (C=O) groups excluding carboxylic acids is 1. The molecule has 0 saturated heterocycles. The number of benzene rings is 1. The van der Waals surface area contributed by atoms with Gasteiger partial charge in [-0.1, -0.05) is 6.92 Å². The molecule has 1 fully saturated rings. The number of aromatic nitrogens is 2. The Balaban J connectivity index is 1.97. The van der Waals surface area contributed by atoms with Gasteiger partial charge in [-0.25, -0.2) is 9.48 Å². The van der Waals surface area contributed by atoms with E-state index in [2.05, 4.69) is 12.0 Å². The van der Waals surface area contributed by atoms with Gasteiger partial charge in [0, 0.05) is 12.0 Å². The van der Waals surface area contributed by atoms with E-state index in [0.717, 1.165) is 25.7 Å². The van der Waals surface area contributed by atoms with Crippen molar-refractivity contribution in [2.75, 3.05) is 12.0 Å². The number of carboxylic acid groups (broad SMARTS) is 1. The summed E-state index contributed by atoms with van der Waals surface area (Å²) in [5, 5.41) is 13.7. The number of amides is 1. The van der Waals surface area contributed by atoms with E-state index < -0.39 is 6.16 Å². The van der Waals surface area contributed by atoms with Gasteiger partial charge in [0.1, 0.15) is 5.75 Å². The van der Waals surface area contributed by atoms with Crippen molar-refractivity contribution in [2.45, 2.75) is 52.5 Å². The van der Waals surface area contributed by atoms with Crippen LogP contribution in [0.3, 0.4) is 0 Å². The third kappa shape index (κ3) is 4.75. The van der Waals surface area contributed by atoms with Crippen LogP contribution in [0.25, 0.3) is 5.69 Å². The Hall–Kier alpha value is -3.03. The summed E-state index contributed by atoms with van der Waals surface area (Å²) in [4.78, 5) is 26.2. The lowest BCUT2D eigenvalue weighted by Crippen LogP contribution is -2.42. The number of anilines is 1. The maximum Gasteiger partial charge on any atom is 0.511 e. The fourth-order valence-corrected chi connectivity index (χ4v) is 3.86. The number of nitrogens with zero attached hydrogens (tertiary/aromatic N) is 3. The molecule has 0 unspecified atom stereocenters. The van der Waals surface area contributed by atoms with Gasteiger partial charge in [0.15, 0.2) is 5.75 Å². The molecule has 0 bridgehead atoms. The van der Waals surface area contributed by atoms with Crippen molar-refractivity contribution in [3.05, 3.63) is 30.5 Å². The highest BCUT2D eigenvalue weighted by molar-refractivity contribution is 5.96. The zero-order valence-corrected chi connectivity index (χ0v) is 17.9. The van der Waals surface area contributed by atoms with Crippen LogP contribution in [0.4, 0.5) is 10.6 Å². The SMILES string of the molecule is COc1ccc(-n2cc(OC(=O)O)c(N(C(=O)C3CCC(C)CC3)C(C)C)n2)cc1. The summed E-state index contributed by atoms with van der Waals surface area (Å²) in [6.07, 6.45) is 3.72. The van der Waals surface area contributed by atoms with Crippen molar-refractivity contribution in [1.82, 2.24) is 9.78 Å². The summed E-state index contributed by atoms with van der Waals surface area (Å²) in [7, 11) is 1.58. The van der Waals surface area contributed by atoms with Crippen molar-refractivity contribution in [2.24, 2.45) is 11.8 Å². The highest BCUT2D eigenvalue weighted by Crippen LogP contribution is 2.35. The van der Waals surface area contributed by atoms with Crippen LogP contribution in [0.2, 0.25) is 0 Å². The Kier molecular flexibility index (Phi) is 6.64. The van der Waals surface area contributed by atoms with Gasteiger partial charge in [0.2, 0.25) is 11.7 Å². The summed E-state index contributed by atoms with van der Waals surface area (Å²) in [5.41, 5.74) is 0.694. The lowest BCUT2D eigenvalue weighted by Gasteiger charge is -2.32. The monoisotopic (exact) mass is 415 g/mol. The molecule has 1 aliphatic rings. The first-order chi connectivity index (χ1) is 14.3. The maximum atomic E-state index is 13.4. The molecule has 1 aromatic heterocycles. The fraction of sp³-hybridized carbons (Fsp3) is 0.500. The van der Waals surface area contributed by atoms with Crippen molar-refractivity contribution in [1.29, 1.82) is 0 Å².